The van der Waals surface area contributed by atoms with Gasteiger partial charge >= 0.3 is 0 Å². The van der Waals surface area contributed by atoms with Gasteiger partial charge in [0.1, 0.15) is 0 Å². The van der Waals surface area contributed by atoms with E-state index in [4.69, 9.17) is 9.47 Å². The quantitative estimate of drug-likeness (QED) is 0.630. The summed E-state index contributed by atoms with van der Waals surface area (Å²) in [5.74, 6) is 0. The Morgan fingerprint density at radius 1 is 1.06 bits per heavy atom. The Bertz CT molecular complexity index is 297. The zero-order valence-corrected chi connectivity index (χ0v) is 11.8. The van der Waals surface area contributed by atoms with Crippen molar-refractivity contribution in [3.63, 3.8) is 0 Å². The molecule has 0 amide bonds. The van der Waals surface area contributed by atoms with Gasteiger partial charge in [-0.2, -0.15) is 0 Å². The van der Waals surface area contributed by atoms with Crippen LogP contribution in [-0.2, 0) is 16.0 Å². The number of hydrogen-bond acceptors (Lipinski definition) is 3. The molecule has 0 spiro atoms. The molecule has 0 aliphatic carbocycles. The van der Waals surface area contributed by atoms with E-state index >= 15 is 0 Å². The number of rotatable bonds is 9. The Balaban J connectivity index is 2.28. The summed E-state index contributed by atoms with van der Waals surface area (Å²) in [6.07, 6.45) is 0.837. The van der Waals surface area contributed by atoms with Gasteiger partial charge in [0.25, 0.3) is 0 Å². The fraction of sp³-hybridized carbons (Fsp3) is 0.600. The van der Waals surface area contributed by atoms with Crippen LogP contribution in [-0.4, -0.2) is 38.0 Å². The van der Waals surface area contributed by atoms with Gasteiger partial charge in [0.2, 0.25) is 0 Å². The molecule has 0 heterocycles. The summed E-state index contributed by atoms with van der Waals surface area (Å²) in [6, 6.07) is 10.5. The molecule has 1 aromatic carbocycles. The van der Waals surface area contributed by atoms with E-state index in [1.165, 1.54) is 5.56 Å². The van der Waals surface area contributed by atoms with Crippen molar-refractivity contribution >= 4 is 0 Å². The van der Waals surface area contributed by atoms with E-state index in [1.807, 2.05) is 19.9 Å². The highest BCUT2D eigenvalue weighted by Crippen LogP contribution is 2.06. The van der Waals surface area contributed by atoms with Gasteiger partial charge in [-0.1, -0.05) is 30.3 Å². The molecule has 0 atom stereocenters. The lowest BCUT2D eigenvalue weighted by Gasteiger charge is -2.21. The lowest BCUT2D eigenvalue weighted by atomic mass is 10.2. The average Bonchev–Trinajstić information content (AvgIpc) is 2.38. The topological polar surface area (TPSA) is 21.7 Å². The summed E-state index contributed by atoms with van der Waals surface area (Å²) < 4.78 is 11.1. The molecule has 18 heavy (non-hydrogen) atoms. The maximum atomic E-state index is 5.53. The van der Waals surface area contributed by atoms with Gasteiger partial charge in [0.15, 0.2) is 6.29 Å². The molecule has 0 saturated carbocycles. The SMILES string of the molecule is CCOC(CCN(C)Cc1ccccc1)OCC. The first-order valence-corrected chi connectivity index (χ1v) is 6.72. The molecule has 1 aromatic rings. The van der Waals surface area contributed by atoms with Crippen LogP contribution in [0.4, 0.5) is 0 Å². The molecule has 0 saturated heterocycles. The van der Waals surface area contributed by atoms with Crippen LogP contribution >= 0.6 is 0 Å². The highest BCUT2D eigenvalue weighted by atomic mass is 16.7. The Kier molecular flexibility index (Phi) is 7.65. The number of nitrogens with zero attached hydrogens (tertiary/aromatic N) is 1. The normalized spacial score (nSPS) is 11.4. The van der Waals surface area contributed by atoms with Gasteiger partial charge in [-0.05, 0) is 26.5 Å². The first-order chi connectivity index (χ1) is 8.76. The zero-order valence-electron chi connectivity index (χ0n) is 11.8. The van der Waals surface area contributed by atoms with Crippen LogP contribution in [0.2, 0.25) is 0 Å². The Morgan fingerprint density at radius 3 is 2.22 bits per heavy atom. The minimum absolute atomic E-state index is 0.0711. The van der Waals surface area contributed by atoms with E-state index in [9.17, 15) is 0 Å². The average molecular weight is 251 g/mol. The molecule has 3 nitrogen and oxygen atoms in total. The van der Waals surface area contributed by atoms with E-state index in [-0.39, 0.29) is 6.29 Å². The smallest absolute Gasteiger partial charge is 0.158 e. The zero-order chi connectivity index (χ0) is 13.2. The predicted octanol–water partition coefficient (Wildman–Crippen LogP) is 2.91. The third-order valence-electron chi connectivity index (χ3n) is 2.75. The molecule has 0 aromatic heterocycles. The van der Waals surface area contributed by atoms with Gasteiger partial charge in [-0.15, -0.1) is 0 Å². The third-order valence-corrected chi connectivity index (χ3v) is 2.75. The van der Waals surface area contributed by atoms with Crippen molar-refractivity contribution in [3.05, 3.63) is 35.9 Å². The van der Waals surface area contributed by atoms with Crippen molar-refractivity contribution < 1.29 is 9.47 Å². The van der Waals surface area contributed by atoms with Crippen LogP contribution in [0.25, 0.3) is 0 Å². The molecule has 0 fully saturated rings. The van der Waals surface area contributed by atoms with Gasteiger partial charge in [0, 0.05) is 32.7 Å². The van der Waals surface area contributed by atoms with E-state index in [1.54, 1.807) is 0 Å². The Morgan fingerprint density at radius 2 is 1.67 bits per heavy atom. The van der Waals surface area contributed by atoms with E-state index in [2.05, 4.69) is 36.2 Å². The van der Waals surface area contributed by atoms with E-state index < -0.39 is 0 Å². The fourth-order valence-electron chi connectivity index (χ4n) is 1.89. The van der Waals surface area contributed by atoms with Crippen molar-refractivity contribution in [2.24, 2.45) is 0 Å². The highest BCUT2D eigenvalue weighted by molar-refractivity contribution is 5.14. The minimum atomic E-state index is -0.0711. The first kappa shape index (κ1) is 15.2. The maximum absolute atomic E-state index is 5.53. The van der Waals surface area contributed by atoms with Crippen molar-refractivity contribution in [1.82, 2.24) is 4.90 Å². The van der Waals surface area contributed by atoms with Crippen LogP contribution < -0.4 is 0 Å². The summed E-state index contributed by atoms with van der Waals surface area (Å²) in [7, 11) is 2.13. The summed E-state index contributed by atoms with van der Waals surface area (Å²) in [6.45, 7) is 7.34. The van der Waals surface area contributed by atoms with E-state index in [0.29, 0.717) is 13.2 Å². The monoisotopic (exact) mass is 251 g/mol. The second kappa shape index (κ2) is 9.09. The molecule has 0 aliphatic heterocycles. The van der Waals surface area contributed by atoms with Gasteiger partial charge in [-0.3, -0.25) is 0 Å². The van der Waals surface area contributed by atoms with Crippen LogP contribution in [0.5, 0.6) is 0 Å². The van der Waals surface area contributed by atoms with Gasteiger partial charge < -0.3 is 14.4 Å². The van der Waals surface area contributed by atoms with Crippen LogP contribution in [0, 0.1) is 0 Å². The number of benzene rings is 1. The second-order valence-corrected chi connectivity index (χ2v) is 4.35. The summed E-state index contributed by atoms with van der Waals surface area (Å²) >= 11 is 0. The highest BCUT2D eigenvalue weighted by Gasteiger charge is 2.09. The molecule has 0 radical (unpaired) electrons. The lowest BCUT2D eigenvalue weighted by molar-refractivity contribution is -0.141. The summed E-state index contributed by atoms with van der Waals surface area (Å²) in [5.41, 5.74) is 1.34. The van der Waals surface area contributed by atoms with Crippen molar-refractivity contribution in [1.29, 1.82) is 0 Å². The van der Waals surface area contributed by atoms with Crippen LogP contribution in [0.15, 0.2) is 30.3 Å². The number of hydrogen-bond donors (Lipinski definition) is 0. The van der Waals surface area contributed by atoms with E-state index in [0.717, 1.165) is 19.5 Å². The van der Waals surface area contributed by atoms with Crippen LogP contribution in [0.1, 0.15) is 25.8 Å². The molecular formula is C15H25NO2. The Hall–Kier alpha value is -0.900. The third kappa shape index (κ3) is 6.15. The molecule has 0 N–H and O–H groups in total. The maximum Gasteiger partial charge on any atom is 0.158 e. The first-order valence-electron chi connectivity index (χ1n) is 6.72. The molecule has 0 aliphatic rings. The molecular weight excluding hydrogens is 226 g/mol. The van der Waals surface area contributed by atoms with Gasteiger partial charge in [-0.25, -0.2) is 0 Å². The van der Waals surface area contributed by atoms with Crippen LogP contribution in [0.3, 0.4) is 0 Å². The molecule has 3 heteroatoms. The van der Waals surface area contributed by atoms with Crippen molar-refractivity contribution in [3.8, 4) is 0 Å². The fourth-order valence-corrected chi connectivity index (χ4v) is 1.89. The molecule has 1 rings (SSSR count). The lowest BCUT2D eigenvalue weighted by Crippen LogP contribution is -2.26. The summed E-state index contributed by atoms with van der Waals surface area (Å²) in [5, 5.41) is 0. The largest absolute Gasteiger partial charge is 0.353 e. The van der Waals surface area contributed by atoms with Crippen molar-refractivity contribution in [2.75, 3.05) is 26.8 Å². The molecule has 0 unspecified atom stereocenters. The molecule has 102 valence electrons. The number of ether oxygens (including phenoxy) is 2. The summed E-state index contributed by atoms with van der Waals surface area (Å²) in [4.78, 5) is 2.29. The predicted molar refractivity (Wildman–Crippen MR) is 74.4 cm³/mol. The molecule has 0 bridgehead atoms. The Labute approximate surface area is 111 Å². The van der Waals surface area contributed by atoms with Gasteiger partial charge in [0.05, 0.1) is 0 Å². The van der Waals surface area contributed by atoms with Crippen molar-refractivity contribution in [2.45, 2.75) is 33.1 Å². The standard InChI is InChI=1S/C15H25NO2/c1-4-17-15(18-5-2)11-12-16(3)13-14-9-7-6-8-10-14/h6-10,15H,4-5,11-13H2,1-3H3. The minimum Gasteiger partial charge on any atom is -0.353 e. The second-order valence-electron chi connectivity index (χ2n) is 4.35.